The Hall–Kier alpha value is 0.354. The van der Waals surface area contributed by atoms with Crippen LogP contribution in [0.5, 0.6) is 0 Å². The molecule has 4 heteroatoms. The van der Waals surface area contributed by atoms with Gasteiger partial charge in [-0.25, -0.2) is 0 Å². The lowest BCUT2D eigenvalue weighted by molar-refractivity contribution is 0.209. The van der Waals surface area contributed by atoms with Crippen molar-refractivity contribution in [2.75, 3.05) is 13.2 Å². The fraction of sp³-hybridized carbons (Fsp3) is 0.875. The molecule has 0 aromatic rings. The molecule has 2 nitrogen and oxygen atoms in total. The Labute approximate surface area is 78.5 Å². The zero-order chi connectivity index (χ0) is 9.83. The average Bonchev–Trinajstić information content (AvgIpc) is 1.76. The van der Waals surface area contributed by atoms with Gasteiger partial charge in [0, 0.05) is 0 Å². The smallest absolute Gasteiger partial charge is 0.190 e. The van der Waals surface area contributed by atoms with Crippen LogP contribution in [0.3, 0.4) is 0 Å². The fourth-order valence-electron chi connectivity index (χ4n) is 0.653. The lowest BCUT2D eigenvalue weighted by atomic mass is 10.8. The first-order valence-corrected chi connectivity index (χ1v) is 10.7. The SMILES string of the molecule is [CH][Si](C)(C)OCCO[Si](C)(C)C. The standard InChI is InChI=1S/C8H20O2Si2/c1-11(2,3)9-7-8-10-12(4,5)6/h1H,7-8H2,2-6H3. The molecule has 0 amide bonds. The molecule has 0 N–H and O–H groups in total. The van der Waals surface area contributed by atoms with Gasteiger partial charge in [0.25, 0.3) is 0 Å². The molecule has 0 atom stereocenters. The molecule has 12 heavy (non-hydrogen) atoms. The van der Waals surface area contributed by atoms with Crippen molar-refractivity contribution in [3.05, 3.63) is 6.55 Å². The van der Waals surface area contributed by atoms with Gasteiger partial charge in [-0.2, -0.15) is 0 Å². The summed E-state index contributed by atoms with van der Waals surface area (Å²) in [6.07, 6.45) is 0. The first-order valence-electron chi connectivity index (χ1n) is 4.27. The molecule has 72 valence electrons. The zero-order valence-corrected chi connectivity index (χ0v) is 10.8. The van der Waals surface area contributed by atoms with Crippen LogP contribution in [0.4, 0.5) is 0 Å². The van der Waals surface area contributed by atoms with Crippen molar-refractivity contribution < 1.29 is 8.85 Å². The summed E-state index contributed by atoms with van der Waals surface area (Å²) in [7, 11) is -3.18. The van der Waals surface area contributed by atoms with Crippen molar-refractivity contribution in [3.8, 4) is 0 Å². The number of rotatable bonds is 5. The Morgan fingerprint density at radius 2 is 1.33 bits per heavy atom. The third-order valence-corrected chi connectivity index (χ3v) is 3.11. The highest BCUT2D eigenvalue weighted by molar-refractivity contribution is 6.73. The van der Waals surface area contributed by atoms with Crippen molar-refractivity contribution >= 4 is 16.6 Å². The van der Waals surface area contributed by atoms with Crippen molar-refractivity contribution in [1.82, 2.24) is 0 Å². The Morgan fingerprint density at radius 3 is 1.67 bits per heavy atom. The van der Waals surface area contributed by atoms with E-state index in [1.165, 1.54) is 0 Å². The van der Waals surface area contributed by atoms with Crippen LogP contribution in [0.1, 0.15) is 0 Å². The van der Waals surface area contributed by atoms with Crippen LogP contribution in [0.2, 0.25) is 32.7 Å². The number of hydrogen-bond acceptors (Lipinski definition) is 2. The maximum atomic E-state index is 5.76. The molecular weight excluding hydrogens is 184 g/mol. The molecule has 0 aromatic carbocycles. The monoisotopic (exact) mass is 204 g/mol. The highest BCUT2D eigenvalue weighted by Crippen LogP contribution is 2.04. The van der Waals surface area contributed by atoms with Gasteiger partial charge in [-0.15, -0.1) is 0 Å². The average molecular weight is 204 g/mol. The Kier molecular flexibility index (Phi) is 4.69. The van der Waals surface area contributed by atoms with E-state index >= 15 is 0 Å². The molecule has 0 saturated heterocycles. The van der Waals surface area contributed by atoms with Crippen LogP contribution in [0.15, 0.2) is 0 Å². The van der Waals surface area contributed by atoms with Gasteiger partial charge in [0.1, 0.15) is 0 Å². The highest BCUT2D eigenvalue weighted by atomic mass is 28.4. The molecule has 0 aliphatic carbocycles. The summed E-state index contributed by atoms with van der Waals surface area (Å²) in [5.41, 5.74) is 0. The van der Waals surface area contributed by atoms with Crippen LogP contribution < -0.4 is 0 Å². The molecular formula is C8H20O2Si2. The zero-order valence-electron chi connectivity index (χ0n) is 8.81. The van der Waals surface area contributed by atoms with E-state index in [9.17, 15) is 0 Å². The normalized spacial score (nSPS) is 13.5. The molecule has 0 rings (SSSR count). The van der Waals surface area contributed by atoms with Gasteiger partial charge in [0.2, 0.25) is 0 Å². The third kappa shape index (κ3) is 10.4. The maximum Gasteiger partial charge on any atom is 0.190 e. The molecule has 0 heterocycles. The Morgan fingerprint density at radius 1 is 0.917 bits per heavy atom. The van der Waals surface area contributed by atoms with E-state index in [1.54, 1.807) is 0 Å². The molecule has 0 fully saturated rings. The summed E-state index contributed by atoms with van der Waals surface area (Å²) < 4.78 is 11.0. The third-order valence-electron chi connectivity index (χ3n) is 1.09. The van der Waals surface area contributed by atoms with Gasteiger partial charge in [-0.1, -0.05) is 0 Å². The first kappa shape index (κ1) is 12.4. The lowest BCUT2D eigenvalue weighted by Crippen LogP contribution is -2.32. The van der Waals surface area contributed by atoms with Gasteiger partial charge in [-0.3, -0.25) is 0 Å². The minimum atomic E-state index is -1.82. The van der Waals surface area contributed by atoms with Crippen LogP contribution in [0.25, 0.3) is 0 Å². The van der Waals surface area contributed by atoms with Crippen molar-refractivity contribution in [2.45, 2.75) is 32.7 Å². The molecule has 0 spiro atoms. The minimum Gasteiger partial charge on any atom is -0.415 e. The largest absolute Gasteiger partial charge is 0.415 e. The second kappa shape index (κ2) is 4.55. The van der Waals surface area contributed by atoms with E-state index in [2.05, 4.69) is 19.6 Å². The number of hydrogen-bond donors (Lipinski definition) is 0. The minimum absolute atomic E-state index is 0.639. The summed E-state index contributed by atoms with van der Waals surface area (Å²) in [5.74, 6) is 0. The second-order valence-electron chi connectivity index (χ2n) is 4.41. The van der Waals surface area contributed by atoms with E-state index in [0.29, 0.717) is 13.2 Å². The molecule has 2 radical (unpaired) electrons. The molecule has 0 unspecified atom stereocenters. The van der Waals surface area contributed by atoms with E-state index in [0.717, 1.165) is 0 Å². The van der Waals surface area contributed by atoms with Crippen molar-refractivity contribution in [3.63, 3.8) is 0 Å². The maximum absolute atomic E-state index is 5.76. The van der Waals surface area contributed by atoms with Gasteiger partial charge in [0.15, 0.2) is 16.6 Å². The summed E-state index contributed by atoms with van der Waals surface area (Å²) in [4.78, 5) is 0. The van der Waals surface area contributed by atoms with Crippen LogP contribution in [0, 0.1) is 6.55 Å². The highest BCUT2D eigenvalue weighted by Gasteiger charge is 2.16. The summed E-state index contributed by atoms with van der Waals surface area (Å²) in [6, 6.07) is 0. The summed E-state index contributed by atoms with van der Waals surface area (Å²) >= 11 is 0. The predicted octanol–water partition coefficient (Wildman–Crippen LogP) is 2.31. The topological polar surface area (TPSA) is 18.5 Å². The molecule has 0 aromatic heterocycles. The van der Waals surface area contributed by atoms with Crippen LogP contribution >= 0.6 is 0 Å². The fourth-order valence-corrected chi connectivity index (χ4v) is 1.96. The van der Waals surface area contributed by atoms with E-state index in [1.807, 2.05) is 13.1 Å². The predicted molar refractivity (Wildman–Crippen MR) is 57.0 cm³/mol. The van der Waals surface area contributed by atoms with E-state index in [4.69, 9.17) is 15.4 Å². The van der Waals surface area contributed by atoms with Gasteiger partial charge in [-0.05, 0) is 39.3 Å². The van der Waals surface area contributed by atoms with E-state index < -0.39 is 16.6 Å². The van der Waals surface area contributed by atoms with Crippen molar-refractivity contribution in [1.29, 1.82) is 0 Å². The summed E-state index contributed by atoms with van der Waals surface area (Å²) in [6.45, 7) is 17.5. The van der Waals surface area contributed by atoms with Gasteiger partial charge in [0.05, 0.1) is 13.2 Å². The second-order valence-corrected chi connectivity index (χ2v) is 12.4. The van der Waals surface area contributed by atoms with Crippen LogP contribution in [-0.4, -0.2) is 29.8 Å². The molecule has 0 aliphatic rings. The first-order chi connectivity index (χ1) is 5.21. The Bertz CT molecular complexity index is 108. The molecule has 0 bridgehead atoms. The lowest BCUT2D eigenvalue weighted by Gasteiger charge is -2.20. The van der Waals surface area contributed by atoms with Crippen molar-refractivity contribution in [2.24, 2.45) is 0 Å². The quantitative estimate of drug-likeness (QED) is 0.505. The summed E-state index contributed by atoms with van der Waals surface area (Å²) in [5, 5.41) is 0. The van der Waals surface area contributed by atoms with E-state index in [-0.39, 0.29) is 0 Å². The Balaban J connectivity index is 3.35. The van der Waals surface area contributed by atoms with Crippen LogP contribution in [-0.2, 0) is 8.85 Å². The van der Waals surface area contributed by atoms with Gasteiger partial charge < -0.3 is 8.85 Å². The molecule has 0 saturated carbocycles. The molecule has 0 aliphatic heterocycles. The van der Waals surface area contributed by atoms with Gasteiger partial charge >= 0.3 is 0 Å².